The van der Waals surface area contributed by atoms with Crippen molar-refractivity contribution in [1.29, 1.82) is 0 Å². The van der Waals surface area contributed by atoms with Gasteiger partial charge in [0.1, 0.15) is 17.6 Å². The van der Waals surface area contributed by atoms with Crippen molar-refractivity contribution >= 4 is 27.9 Å². The van der Waals surface area contributed by atoms with E-state index in [0.717, 1.165) is 30.4 Å². The quantitative estimate of drug-likeness (QED) is 0.348. The van der Waals surface area contributed by atoms with Crippen molar-refractivity contribution in [2.45, 2.75) is 75.2 Å². The number of halogens is 1. The Balaban J connectivity index is 1.41. The summed E-state index contributed by atoms with van der Waals surface area (Å²) in [6.45, 7) is 6.60. The SMILES string of the molecule is CC(C)[C@@H]1CC[C@@H](C)C[C@H]1O[C@@H]1OC(=O)[C@@]2([C@H]3[C@@H](O)OC(=O)[C@]32Br)[C@H]1OC(c1ccccc1)c1ccccc1. The average Bonchev–Trinajstić information content (AvgIpc) is 3.29. The molecule has 0 amide bonds. The van der Waals surface area contributed by atoms with Crippen LogP contribution in [0, 0.1) is 29.1 Å². The third-order valence-corrected chi connectivity index (χ3v) is 10.7. The number of hydrogen-bond donors (Lipinski definition) is 1. The van der Waals surface area contributed by atoms with Gasteiger partial charge in [-0.1, -0.05) is 104 Å². The Morgan fingerprint density at radius 3 is 2.10 bits per heavy atom. The van der Waals surface area contributed by atoms with E-state index in [-0.39, 0.29) is 6.10 Å². The molecule has 4 aliphatic rings. The van der Waals surface area contributed by atoms with Gasteiger partial charge < -0.3 is 24.1 Å². The van der Waals surface area contributed by atoms with Gasteiger partial charge in [-0.2, -0.15) is 0 Å². The van der Waals surface area contributed by atoms with Gasteiger partial charge in [-0.3, -0.25) is 9.59 Å². The second-order valence-corrected chi connectivity index (χ2v) is 13.1. The molecular formula is C31H35BrO7. The Labute approximate surface area is 237 Å². The summed E-state index contributed by atoms with van der Waals surface area (Å²) in [4.78, 5) is 26.7. The van der Waals surface area contributed by atoms with Crippen LogP contribution in [0.2, 0.25) is 0 Å². The van der Waals surface area contributed by atoms with Crippen LogP contribution in [0.1, 0.15) is 57.3 Å². The number of carbonyl (C=O) groups excluding carboxylic acids is 2. The van der Waals surface area contributed by atoms with E-state index in [2.05, 4.69) is 36.7 Å². The number of carbonyl (C=O) groups is 2. The average molecular weight is 600 g/mol. The highest BCUT2D eigenvalue weighted by atomic mass is 79.9. The van der Waals surface area contributed by atoms with Crippen molar-refractivity contribution in [1.82, 2.24) is 0 Å². The number of cyclic esters (lactones) is 2. The molecule has 0 aromatic heterocycles. The maximum atomic E-state index is 13.7. The van der Waals surface area contributed by atoms with Crippen molar-refractivity contribution in [2.75, 3.05) is 0 Å². The van der Waals surface area contributed by atoms with Gasteiger partial charge in [-0.05, 0) is 41.7 Å². The number of alkyl halides is 1. The van der Waals surface area contributed by atoms with Crippen LogP contribution in [0.4, 0.5) is 0 Å². The summed E-state index contributed by atoms with van der Waals surface area (Å²) in [5.41, 5.74) is 0.309. The smallest absolute Gasteiger partial charge is 0.327 e. The highest BCUT2D eigenvalue weighted by Crippen LogP contribution is 2.77. The third-order valence-electron chi connectivity index (χ3n) is 9.26. The molecular weight excluding hydrogens is 564 g/mol. The van der Waals surface area contributed by atoms with Crippen molar-refractivity contribution < 1.29 is 33.6 Å². The van der Waals surface area contributed by atoms with E-state index in [4.69, 9.17) is 18.9 Å². The minimum absolute atomic E-state index is 0.124. The summed E-state index contributed by atoms with van der Waals surface area (Å²) in [7, 11) is 0. The number of esters is 2. The second-order valence-electron chi connectivity index (χ2n) is 11.9. The van der Waals surface area contributed by atoms with Crippen molar-refractivity contribution in [2.24, 2.45) is 29.1 Å². The number of rotatable bonds is 7. The first-order valence-corrected chi connectivity index (χ1v) is 14.7. The molecule has 1 spiro atoms. The summed E-state index contributed by atoms with van der Waals surface area (Å²) in [6, 6.07) is 19.5. The zero-order chi connectivity index (χ0) is 27.5. The molecule has 9 atom stereocenters. The van der Waals surface area contributed by atoms with E-state index in [0.29, 0.717) is 17.8 Å². The normalized spacial score (nSPS) is 39.2. The number of benzene rings is 2. The molecule has 2 aromatic carbocycles. The molecule has 1 N–H and O–H groups in total. The van der Waals surface area contributed by atoms with Gasteiger partial charge in [0.05, 0.1) is 12.0 Å². The maximum absolute atomic E-state index is 13.7. The molecule has 2 heterocycles. The Bertz CT molecular complexity index is 1180. The van der Waals surface area contributed by atoms with Crippen molar-refractivity contribution in [3.63, 3.8) is 0 Å². The van der Waals surface area contributed by atoms with Crippen molar-refractivity contribution in [3.8, 4) is 0 Å². The van der Waals surface area contributed by atoms with Crippen LogP contribution in [0.25, 0.3) is 0 Å². The predicted molar refractivity (Wildman–Crippen MR) is 145 cm³/mol. The molecule has 2 aliphatic heterocycles. The van der Waals surface area contributed by atoms with Gasteiger partial charge >= 0.3 is 11.9 Å². The Morgan fingerprint density at radius 1 is 0.949 bits per heavy atom. The van der Waals surface area contributed by atoms with Gasteiger partial charge in [0, 0.05) is 0 Å². The topological polar surface area (TPSA) is 91.3 Å². The van der Waals surface area contributed by atoms with Crippen LogP contribution in [-0.4, -0.2) is 46.2 Å². The molecule has 8 heteroatoms. The number of hydrogen-bond acceptors (Lipinski definition) is 7. The van der Waals surface area contributed by atoms with E-state index >= 15 is 0 Å². The van der Waals surface area contributed by atoms with Gasteiger partial charge in [-0.25, -0.2) is 0 Å². The fraction of sp³-hybridized carbons (Fsp3) is 0.548. The molecule has 4 fully saturated rings. The summed E-state index contributed by atoms with van der Waals surface area (Å²) < 4.78 is 23.2. The van der Waals surface area contributed by atoms with Crippen LogP contribution >= 0.6 is 15.9 Å². The number of ether oxygens (including phenoxy) is 4. The minimum atomic E-state index is -1.47. The first kappa shape index (κ1) is 26.9. The summed E-state index contributed by atoms with van der Waals surface area (Å²) in [5, 5.41) is 10.7. The molecule has 2 aromatic rings. The van der Waals surface area contributed by atoms with Crippen LogP contribution in [0.15, 0.2) is 60.7 Å². The van der Waals surface area contributed by atoms with Gasteiger partial charge in [0.15, 0.2) is 4.32 Å². The van der Waals surface area contributed by atoms with E-state index < -0.39 is 52.4 Å². The van der Waals surface area contributed by atoms with Crippen molar-refractivity contribution in [3.05, 3.63) is 71.8 Å². The Kier molecular flexibility index (Phi) is 6.89. The van der Waals surface area contributed by atoms with E-state index in [9.17, 15) is 14.7 Å². The fourth-order valence-corrected chi connectivity index (χ4v) is 8.39. The zero-order valence-electron chi connectivity index (χ0n) is 22.4. The van der Waals surface area contributed by atoms with Gasteiger partial charge in [0.2, 0.25) is 12.6 Å². The molecule has 2 saturated heterocycles. The molecule has 0 unspecified atom stereocenters. The summed E-state index contributed by atoms with van der Waals surface area (Å²) >= 11 is 3.52. The monoisotopic (exact) mass is 598 g/mol. The van der Waals surface area contributed by atoms with E-state index in [1.807, 2.05) is 60.7 Å². The first-order valence-electron chi connectivity index (χ1n) is 13.9. The largest absolute Gasteiger partial charge is 0.434 e. The molecule has 0 bridgehead atoms. The van der Waals surface area contributed by atoms with Crippen LogP contribution in [0.3, 0.4) is 0 Å². The number of aliphatic hydroxyl groups excluding tert-OH is 1. The summed E-state index contributed by atoms with van der Waals surface area (Å²) in [5.74, 6) is -0.955. The first-order chi connectivity index (χ1) is 18.7. The van der Waals surface area contributed by atoms with Crippen LogP contribution in [0.5, 0.6) is 0 Å². The zero-order valence-corrected chi connectivity index (χ0v) is 24.0. The second kappa shape index (κ2) is 9.98. The Hall–Kier alpha value is -2.26. The summed E-state index contributed by atoms with van der Waals surface area (Å²) in [6.07, 6.45) is -1.12. The molecule has 39 heavy (non-hydrogen) atoms. The van der Waals surface area contributed by atoms with E-state index in [1.165, 1.54) is 0 Å². The minimum Gasteiger partial charge on any atom is -0.434 e. The number of fused-ring (bicyclic) bond motifs is 3. The van der Waals surface area contributed by atoms with Crippen LogP contribution < -0.4 is 0 Å². The molecule has 7 nitrogen and oxygen atoms in total. The maximum Gasteiger partial charge on any atom is 0.327 e. The highest BCUT2D eigenvalue weighted by molar-refractivity contribution is 9.10. The van der Waals surface area contributed by atoms with Crippen LogP contribution in [-0.2, 0) is 28.5 Å². The van der Waals surface area contributed by atoms with Gasteiger partial charge in [0.25, 0.3) is 0 Å². The molecule has 208 valence electrons. The molecule has 6 rings (SSSR count). The number of aliphatic hydroxyl groups is 1. The lowest BCUT2D eigenvalue weighted by atomic mass is 9.75. The predicted octanol–water partition coefficient (Wildman–Crippen LogP) is 5.15. The lowest BCUT2D eigenvalue weighted by molar-refractivity contribution is -0.219. The Morgan fingerprint density at radius 2 is 1.56 bits per heavy atom. The standard InChI is InChI=1S/C31H35BrO7/c1-17(2)21-15-14-18(3)16-22(21)36-27-25(30(28(34)39-27)24-26(33)38-29(35)31(24,30)32)37-23(19-10-6-4-7-11-19)20-12-8-5-9-13-20/h4-13,17-18,21-27,33H,14-16H2,1-3H3/t18-,21+,22-,24-,25+,26+,27-,30-,31-/m1/s1. The van der Waals surface area contributed by atoms with Gasteiger partial charge in [-0.15, -0.1) is 0 Å². The highest BCUT2D eigenvalue weighted by Gasteiger charge is 2.96. The third kappa shape index (κ3) is 4.09. The molecule has 2 aliphatic carbocycles. The molecule has 2 saturated carbocycles. The fourth-order valence-electron chi connectivity index (χ4n) is 7.19. The lowest BCUT2D eigenvalue weighted by Crippen LogP contribution is -2.45. The molecule has 0 radical (unpaired) electrons. The van der Waals surface area contributed by atoms with E-state index in [1.54, 1.807) is 0 Å². The lowest BCUT2D eigenvalue weighted by Gasteiger charge is -2.39.